The average Bonchev–Trinajstić information content (AvgIpc) is 2.80. The zero-order chi connectivity index (χ0) is 25.9. The largest absolute Gasteiger partial charge is 0.487 e. The van der Waals surface area contributed by atoms with Gasteiger partial charge in [-0.05, 0) is 51.0 Å². The summed E-state index contributed by atoms with van der Waals surface area (Å²) in [7, 11) is -2.23. The summed E-state index contributed by atoms with van der Waals surface area (Å²) in [6, 6.07) is 12.2. The van der Waals surface area contributed by atoms with Gasteiger partial charge in [0, 0.05) is 31.6 Å². The van der Waals surface area contributed by atoms with E-state index in [1.807, 2.05) is 52.0 Å². The third-order valence-electron chi connectivity index (χ3n) is 6.26. The number of nitrogens with one attached hydrogen (secondary N) is 1. The number of nitrogens with zero attached hydrogens (tertiary/aromatic N) is 2. The van der Waals surface area contributed by atoms with Gasteiger partial charge in [0.15, 0.2) is 0 Å². The zero-order valence-electron chi connectivity index (χ0n) is 21.4. The number of fused-ring (bicyclic) bond motifs is 1. The standard InChI is InChI=1S/C26H37N3O5S/c1-17(2)27-26(31)28(6)15-24-19(4)14-29(20(5)16-30)35(32,33)25-12-11-22(13-23(25)34-24)21-9-7-18(3)8-10-21/h7-13,17,19-20,24,30H,14-16H2,1-6H3,(H,27,31)/t19-,20+,24-/m0/s1. The molecule has 1 aliphatic rings. The van der Waals surface area contributed by atoms with Gasteiger partial charge in [-0.1, -0.05) is 42.8 Å². The number of sulfonamides is 1. The van der Waals surface area contributed by atoms with Crippen LogP contribution < -0.4 is 10.1 Å². The fraction of sp³-hybridized carbons (Fsp3) is 0.500. The van der Waals surface area contributed by atoms with Gasteiger partial charge in [0.1, 0.15) is 16.7 Å². The molecule has 2 amide bonds. The topological polar surface area (TPSA) is 99.2 Å². The highest BCUT2D eigenvalue weighted by Crippen LogP contribution is 2.36. The molecule has 0 bridgehead atoms. The van der Waals surface area contributed by atoms with Gasteiger partial charge in [-0.3, -0.25) is 0 Å². The second-order valence-electron chi connectivity index (χ2n) is 9.75. The minimum Gasteiger partial charge on any atom is -0.487 e. The summed E-state index contributed by atoms with van der Waals surface area (Å²) in [5.74, 6) is -0.00307. The summed E-state index contributed by atoms with van der Waals surface area (Å²) in [6.45, 7) is 9.51. The summed E-state index contributed by atoms with van der Waals surface area (Å²) in [4.78, 5) is 14.2. The maximum absolute atomic E-state index is 13.6. The van der Waals surface area contributed by atoms with Crippen molar-refractivity contribution in [2.45, 2.75) is 57.7 Å². The summed E-state index contributed by atoms with van der Waals surface area (Å²) < 4.78 is 35.0. The Morgan fingerprint density at radius 3 is 2.40 bits per heavy atom. The molecule has 0 saturated carbocycles. The van der Waals surface area contributed by atoms with Crippen molar-refractivity contribution in [2.75, 3.05) is 26.7 Å². The number of carbonyl (C=O) groups excluding carboxylic acids is 1. The predicted octanol–water partition coefficient (Wildman–Crippen LogP) is 3.48. The highest BCUT2D eigenvalue weighted by Gasteiger charge is 2.38. The quantitative estimate of drug-likeness (QED) is 0.629. The molecule has 3 atom stereocenters. The number of amides is 2. The highest BCUT2D eigenvalue weighted by molar-refractivity contribution is 7.89. The van der Waals surface area contributed by atoms with E-state index in [1.165, 1.54) is 4.31 Å². The van der Waals surface area contributed by atoms with Crippen LogP contribution in [-0.2, 0) is 10.0 Å². The first-order chi connectivity index (χ1) is 16.4. The summed E-state index contributed by atoms with van der Waals surface area (Å²) in [5.41, 5.74) is 2.91. The lowest BCUT2D eigenvalue weighted by Crippen LogP contribution is -2.51. The van der Waals surface area contributed by atoms with Crippen molar-refractivity contribution >= 4 is 16.1 Å². The van der Waals surface area contributed by atoms with Gasteiger partial charge in [-0.25, -0.2) is 13.2 Å². The predicted molar refractivity (Wildman–Crippen MR) is 137 cm³/mol. The molecule has 2 N–H and O–H groups in total. The van der Waals surface area contributed by atoms with E-state index in [1.54, 1.807) is 37.1 Å². The van der Waals surface area contributed by atoms with Crippen molar-refractivity contribution in [1.82, 2.24) is 14.5 Å². The maximum Gasteiger partial charge on any atom is 0.317 e. The van der Waals surface area contributed by atoms with Crippen LogP contribution in [0.25, 0.3) is 11.1 Å². The van der Waals surface area contributed by atoms with Crippen LogP contribution in [0.1, 0.15) is 33.3 Å². The van der Waals surface area contributed by atoms with E-state index in [-0.39, 0.29) is 48.3 Å². The van der Waals surface area contributed by atoms with Gasteiger partial charge >= 0.3 is 6.03 Å². The molecule has 9 heteroatoms. The number of aryl methyl sites for hydroxylation is 1. The number of carbonyl (C=O) groups is 1. The normalized spacial score (nSPS) is 20.8. The smallest absolute Gasteiger partial charge is 0.317 e. The Labute approximate surface area is 208 Å². The molecule has 3 rings (SSSR count). The van der Waals surface area contributed by atoms with E-state index in [9.17, 15) is 18.3 Å². The van der Waals surface area contributed by atoms with E-state index in [2.05, 4.69) is 5.32 Å². The molecule has 0 saturated heterocycles. The van der Waals surface area contributed by atoms with Crippen LogP contribution >= 0.6 is 0 Å². The Hall–Kier alpha value is -2.62. The fourth-order valence-electron chi connectivity index (χ4n) is 4.08. The molecule has 0 fully saturated rings. The minimum atomic E-state index is -3.92. The number of aliphatic hydroxyl groups excluding tert-OH is 1. The Balaban J connectivity index is 2.06. The highest BCUT2D eigenvalue weighted by atomic mass is 32.2. The number of hydrogen-bond donors (Lipinski definition) is 2. The molecule has 0 aromatic heterocycles. The Morgan fingerprint density at radius 2 is 1.80 bits per heavy atom. The van der Waals surface area contributed by atoms with Crippen LogP contribution in [0.5, 0.6) is 5.75 Å². The molecule has 0 spiro atoms. The van der Waals surface area contributed by atoms with E-state index >= 15 is 0 Å². The lowest BCUT2D eigenvalue weighted by atomic mass is 10.0. The van der Waals surface area contributed by atoms with Crippen LogP contribution in [0.4, 0.5) is 4.79 Å². The summed E-state index contributed by atoms with van der Waals surface area (Å²) >= 11 is 0. The molecule has 1 heterocycles. The third kappa shape index (κ3) is 6.15. The van der Waals surface area contributed by atoms with Gasteiger partial charge < -0.3 is 20.1 Å². The lowest BCUT2D eigenvalue weighted by molar-refractivity contribution is 0.0810. The summed E-state index contributed by atoms with van der Waals surface area (Å²) in [6.07, 6.45) is -0.464. The minimum absolute atomic E-state index is 0.00976. The van der Waals surface area contributed by atoms with Crippen molar-refractivity contribution < 1.29 is 23.1 Å². The zero-order valence-corrected chi connectivity index (χ0v) is 22.2. The molecule has 0 aliphatic carbocycles. The van der Waals surface area contributed by atoms with Crippen LogP contribution in [-0.4, -0.2) is 73.7 Å². The molecule has 192 valence electrons. The second-order valence-corrected chi connectivity index (χ2v) is 11.6. The van der Waals surface area contributed by atoms with Crippen molar-refractivity contribution in [3.05, 3.63) is 48.0 Å². The van der Waals surface area contributed by atoms with Crippen LogP contribution in [0, 0.1) is 12.8 Å². The number of aliphatic hydroxyl groups is 1. The number of benzene rings is 2. The molecular formula is C26H37N3O5S. The maximum atomic E-state index is 13.6. The molecule has 2 aromatic rings. The van der Waals surface area contributed by atoms with E-state index in [4.69, 9.17) is 4.74 Å². The van der Waals surface area contributed by atoms with Crippen molar-refractivity contribution in [1.29, 1.82) is 0 Å². The molecule has 35 heavy (non-hydrogen) atoms. The fourth-order valence-corrected chi connectivity index (χ4v) is 5.90. The third-order valence-corrected chi connectivity index (χ3v) is 8.28. The molecule has 8 nitrogen and oxygen atoms in total. The van der Waals surface area contributed by atoms with Crippen LogP contribution in [0.3, 0.4) is 0 Å². The van der Waals surface area contributed by atoms with E-state index in [0.717, 1.165) is 16.7 Å². The number of urea groups is 1. The first-order valence-electron chi connectivity index (χ1n) is 12.0. The summed E-state index contributed by atoms with van der Waals surface area (Å²) in [5, 5.41) is 12.7. The van der Waals surface area contributed by atoms with Crippen molar-refractivity contribution in [3.63, 3.8) is 0 Å². The van der Waals surface area contributed by atoms with Gasteiger partial charge in [0.25, 0.3) is 0 Å². The van der Waals surface area contributed by atoms with Gasteiger partial charge in [-0.2, -0.15) is 4.31 Å². The molecule has 0 unspecified atom stereocenters. The van der Waals surface area contributed by atoms with Gasteiger partial charge in [-0.15, -0.1) is 0 Å². The lowest BCUT2D eigenvalue weighted by Gasteiger charge is -2.37. The Kier molecular flexibility index (Phi) is 8.46. The van der Waals surface area contributed by atoms with E-state index < -0.39 is 22.2 Å². The number of hydrogen-bond acceptors (Lipinski definition) is 5. The Bertz CT molecular complexity index is 1130. The van der Waals surface area contributed by atoms with Crippen molar-refractivity contribution in [2.24, 2.45) is 5.92 Å². The molecular weight excluding hydrogens is 466 g/mol. The monoisotopic (exact) mass is 503 g/mol. The van der Waals surface area contributed by atoms with Gasteiger partial charge in [0.2, 0.25) is 10.0 Å². The van der Waals surface area contributed by atoms with Gasteiger partial charge in [0.05, 0.1) is 13.2 Å². The average molecular weight is 504 g/mol. The van der Waals surface area contributed by atoms with Crippen molar-refractivity contribution in [3.8, 4) is 16.9 Å². The van der Waals surface area contributed by atoms with Crippen LogP contribution in [0.2, 0.25) is 0 Å². The van der Waals surface area contributed by atoms with E-state index in [0.29, 0.717) is 0 Å². The Morgan fingerprint density at radius 1 is 1.17 bits per heavy atom. The first-order valence-corrected chi connectivity index (χ1v) is 13.4. The molecule has 2 aromatic carbocycles. The molecule has 1 aliphatic heterocycles. The SMILES string of the molecule is Cc1ccc(-c2ccc3c(c2)O[C@@H](CN(C)C(=O)NC(C)C)[C@@H](C)CN([C@H](C)CO)S3(=O)=O)cc1. The van der Waals surface area contributed by atoms with Crippen LogP contribution in [0.15, 0.2) is 47.4 Å². The molecule has 0 radical (unpaired) electrons. The second kappa shape index (κ2) is 11.0. The first kappa shape index (κ1) is 27.0. The number of ether oxygens (including phenoxy) is 1. The number of rotatable bonds is 6. The number of likely N-dealkylation sites (N-methyl/N-ethyl adjacent to an activating group) is 1.